The zero-order valence-corrected chi connectivity index (χ0v) is 12.9. The Balaban J connectivity index is 1.46. The van der Waals surface area contributed by atoms with Crippen molar-refractivity contribution < 1.29 is 4.74 Å². The molecule has 0 bridgehead atoms. The van der Waals surface area contributed by atoms with E-state index in [1.54, 1.807) is 12.3 Å². The van der Waals surface area contributed by atoms with Gasteiger partial charge in [0.2, 0.25) is 11.8 Å². The fourth-order valence-corrected chi connectivity index (χ4v) is 3.52. The molecular formula is C16H26N4O. The van der Waals surface area contributed by atoms with E-state index < -0.39 is 0 Å². The van der Waals surface area contributed by atoms with Gasteiger partial charge in [-0.25, -0.2) is 4.98 Å². The molecule has 0 radical (unpaired) electrons. The molecule has 2 aliphatic rings. The van der Waals surface area contributed by atoms with Crippen LogP contribution in [0.4, 0.5) is 5.95 Å². The van der Waals surface area contributed by atoms with Gasteiger partial charge in [0, 0.05) is 31.4 Å². The Morgan fingerprint density at radius 3 is 3.00 bits per heavy atom. The van der Waals surface area contributed by atoms with Gasteiger partial charge in [0.15, 0.2) is 0 Å². The summed E-state index contributed by atoms with van der Waals surface area (Å²) in [5, 5.41) is 3.37. The molecule has 0 unspecified atom stereocenters. The van der Waals surface area contributed by atoms with E-state index in [9.17, 15) is 0 Å². The summed E-state index contributed by atoms with van der Waals surface area (Å²) in [5.41, 5.74) is 0. The van der Waals surface area contributed by atoms with Gasteiger partial charge in [-0.1, -0.05) is 12.8 Å². The lowest BCUT2D eigenvalue weighted by atomic mass is 10.1. The van der Waals surface area contributed by atoms with Crippen LogP contribution >= 0.6 is 0 Å². The molecule has 1 aliphatic carbocycles. The van der Waals surface area contributed by atoms with E-state index in [0.29, 0.717) is 24.4 Å². The molecule has 1 N–H and O–H groups in total. The maximum Gasteiger partial charge on any atom is 0.225 e. The summed E-state index contributed by atoms with van der Waals surface area (Å²) < 4.78 is 5.40. The second-order valence-electron chi connectivity index (χ2n) is 6.12. The lowest BCUT2D eigenvalue weighted by Gasteiger charge is -2.23. The van der Waals surface area contributed by atoms with Gasteiger partial charge >= 0.3 is 0 Å². The number of likely N-dealkylation sites (tertiary alicyclic amines) is 1. The van der Waals surface area contributed by atoms with E-state index in [1.807, 2.05) is 6.92 Å². The molecule has 1 aromatic rings. The van der Waals surface area contributed by atoms with Crippen molar-refractivity contribution in [1.29, 1.82) is 0 Å². The van der Waals surface area contributed by atoms with Crippen molar-refractivity contribution in [3.05, 3.63) is 12.3 Å². The minimum Gasteiger partial charge on any atom is -0.478 e. The molecule has 3 rings (SSSR count). The van der Waals surface area contributed by atoms with Crippen LogP contribution in [0.5, 0.6) is 5.88 Å². The monoisotopic (exact) mass is 290 g/mol. The second-order valence-corrected chi connectivity index (χ2v) is 6.12. The summed E-state index contributed by atoms with van der Waals surface area (Å²) in [5.74, 6) is 2.04. The molecule has 1 saturated carbocycles. The van der Waals surface area contributed by atoms with Crippen LogP contribution < -0.4 is 10.1 Å². The van der Waals surface area contributed by atoms with E-state index in [4.69, 9.17) is 4.74 Å². The van der Waals surface area contributed by atoms with Crippen LogP contribution in [-0.4, -0.2) is 47.2 Å². The van der Waals surface area contributed by atoms with Crippen LogP contribution in [0.15, 0.2) is 12.3 Å². The fraction of sp³-hybridized carbons (Fsp3) is 0.750. The Bertz CT molecular complexity index is 448. The second kappa shape index (κ2) is 7.07. The standard InChI is InChI=1S/C16H26N4O/c1-2-21-15-7-9-17-16(19-15)18-11-13-8-10-20(12-13)14-5-3-4-6-14/h7,9,13-14H,2-6,8,10-12H2,1H3,(H,17,18,19)/t13-/m1/s1. The van der Waals surface area contributed by atoms with Gasteiger partial charge in [-0.05, 0) is 38.6 Å². The van der Waals surface area contributed by atoms with Crippen molar-refractivity contribution in [2.24, 2.45) is 5.92 Å². The van der Waals surface area contributed by atoms with Crippen molar-refractivity contribution in [2.45, 2.75) is 45.1 Å². The first-order chi connectivity index (χ1) is 10.3. The van der Waals surface area contributed by atoms with Gasteiger partial charge in [0.1, 0.15) is 0 Å². The topological polar surface area (TPSA) is 50.3 Å². The third kappa shape index (κ3) is 3.84. The number of hydrogen-bond donors (Lipinski definition) is 1. The molecule has 0 aromatic carbocycles. The Hall–Kier alpha value is -1.36. The summed E-state index contributed by atoms with van der Waals surface area (Å²) >= 11 is 0. The minimum atomic E-state index is 0.634. The van der Waals surface area contributed by atoms with Gasteiger partial charge in [0.05, 0.1) is 6.61 Å². The van der Waals surface area contributed by atoms with E-state index in [1.165, 1.54) is 45.2 Å². The predicted molar refractivity (Wildman–Crippen MR) is 83.6 cm³/mol. The molecule has 1 aromatic heterocycles. The quantitative estimate of drug-likeness (QED) is 0.872. The number of nitrogens with one attached hydrogen (secondary N) is 1. The lowest BCUT2D eigenvalue weighted by molar-refractivity contribution is 0.238. The Kier molecular flexibility index (Phi) is 4.91. The highest BCUT2D eigenvalue weighted by Crippen LogP contribution is 2.28. The summed E-state index contributed by atoms with van der Waals surface area (Å²) in [6, 6.07) is 2.65. The largest absolute Gasteiger partial charge is 0.478 e. The van der Waals surface area contributed by atoms with Crippen LogP contribution in [0.1, 0.15) is 39.0 Å². The number of nitrogens with zero attached hydrogens (tertiary/aromatic N) is 3. The van der Waals surface area contributed by atoms with Crippen molar-refractivity contribution >= 4 is 5.95 Å². The number of aromatic nitrogens is 2. The smallest absolute Gasteiger partial charge is 0.225 e. The van der Waals surface area contributed by atoms with Crippen molar-refractivity contribution in [3.63, 3.8) is 0 Å². The zero-order chi connectivity index (χ0) is 14.5. The van der Waals surface area contributed by atoms with Gasteiger partial charge in [-0.2, -0.15) is 4.98 Å². The zero-order valence-electron chi connectivity index (χ0n) is 12.9. The third-order valence-corrected chi connectivity index (χ3v) is 4.63. The fourth-order valence-electron chi connectivity index (χ4n) is 3.52. The van der Waals surface area contributed by atoms with Crippen LogP contribution in [0.25, 0.3) is 0 Å². The van der Waals surface area contributed by atoms with Crippen LogP contribution in [0.2, 0.25) is 0 Å². The maximum atomic E-state index is 5.40. The van der Waals surface area contributed by atoms with Crippen LogP contribution in [0, 0.1) is 5.92 Å². The molecule has 0 spiro atoms. The molecule has 1 atom stereocenters. The van der Waals surface area contributed by atoms with Crippen molar-refractivity contribution in [3.8, 4) is 5.88 Å². The SMILES string of the molecule is CCOc1ccnc(NC[C@H]2CCN(C3CCCC3)C2)n1. The first-order valence-electron chi connectivity index (χ1n) is 8.29. The van der Waals surface area contributed by atoms with Gasteiger partial charge in [-0.3, -0.25) is 0 Å². The average Bonchev–Trinajstić information content (AvgIpc) is 3.17. The number of anilines is 1. The molecule has 116 valence electrons. The summed E-state index contributed by atoms with van der Waals surface area (Å²) in [4.78, 5) is 11.3. The maximum absolute atomic E-state index is 5.40. The highest BCUT2D eigenvalue weighted by Gasteiger charge is 2.29. The van der Waals surface area contributed by atoms with Gasteiger partial charge < -0.3 is 15.0 Å². The molecule has 2 heterocycles. The Morgan fingerprint density at radius 2 is 2.19 bits per heavy atom. The molecule has 1 saturated heterocycles. The molecule has 1 aliphatic heterocycles. The molecular weight excluding hydrogens is 264 g/mol. The predicted octanol–water partition coefficient (Wildman–Crippen LogP) is 2.55. The first kappa shape index (κ1) is 14.6. The van der Waals surface area contributed by atoms with E-state index in [0.717, 1.165) is 12.6 Å². The van der Waals surface area contributed by atoms with Crippen LogP contribution in [-0.2, 0) is 0 Å². The van der Waals surface area contributed by atoms with Gasteiger partial charge in [-0.15, -0.1) is 0 Å². The average molecular weight is 290 g/mol. The van der Waals surface area contributed by atoms with Crippen molar-refractivity contribution in [2.75, 3.05) is 31.6 Å². The normalized spacial score (nSPS) is 23.6. The molecule has 2 fully saturated rings. The van der Waals surface area contributed by atoms with E-state index >= 15 is 0 Å². The van der Waals surface area contributed by atoms with Crippen molar-refractivity contribution in [1.82, 2.24) is 14.9 Å². The highest BCUT2D eigenvalue weighted by atomic mass is 16.5. The number of ether oxygens (including phenoxy) is 1. The van der Waals surface area contributed by atoms with Gasteiger partial charge in [0.25, 0.3) is 0 Å². The Labute approximate surface area is 127 Å². The Morgan fingerprint density at radius 1 is 1.33 bits per heavy atom. The summed E-state index contributed by atoms with van der Waals surface area (Å²) in [6.07, 6.45) is 8.68. The first-order valence-corrected chi connectivity index (χ1v) is 8.29. The summed E-state index contributed by atoms with van der Waals surface area (Å²) in [7, 11) is 0. The highest BCUT2D eigenvalue weighted by molar-refractivity contribution is 5.27. The van der Waals surface area contributed by atoms with E-state index in [-0.39, 0.29) is 0 Å². The van der Waals surface area contributed by atoms with E-state index in [2.05, 4.69) is 20.2 Å². The molecule has 5 nitrogen and oxygen atoms in total. The number of rotatable bonds is 6. The molecule has 21 heavy (non-hydrogen) atoms. The number of hydrogen-bond acceptors (Lipinski definition) is 5. The molecule has 5 heteroatoms. The molecule has 0 amide bonds. The minimum absolute atomic E-state index is 0.634. The van der Waals surface area contributed by atoms with Crippen LogP contribution in [0.3, 0.4) is 0 Å². The summed E-state index contributed by atoms with van der Waals surface area (Å²) in [6.45, 7) is 6.04. The third-order valence-electron chi connectivity index (χ3n) is 4.63. The lowest BCUT2D eigenvalue weighted by Crippen LogP contribution is -2.31.